The first kappa shape index (κ1) is 8.13. The smallest absolute Gasteiger partial charge is 0.160 e. The van der Waals surface area contributed by atoms with Crippen molar-refractivity contribution in [3.63, 3.8) is 0 Å². The number of hydrogen-bond donors (Lipinski definition) is 0. The highest BCUT2D eigenvalue weighted by atomic mass is 35.5. The minimum atomic E-state index is 0.196. The molecule has 3 nitrogen and oxygen atoms in total. The number of aromatic nitrogens is 2. The highest BCUT2D eigenvalue weighted by Crippen LogP contribution is 2.16. The highest BCUT2D eigenvalue weighted by molar-refractivity contribution is 6.32. The molecule has 0 amide bonds. The molecule has 0 aliphatic rings. The molecule has 0 unspecified atom stereocenters. The van der Waals surface area contributed by atoms with Gasteiger partial charge >= 0.3 is 0 Å². The fourth-order valence-corrected chi connectivity index (χ4v) is 1.26. The predicted molar refractivity (Wildman–Crippen MR) is 49.9 cm³/mol. The fourth-order valence-electron chi connectivity index (χ4n) is 1.08. The standard InChI is InChI=1S/C9H5ClN2O/c10-8-7(5-13)4-6-2-1-3-11-9(6)12-8/h1-5H. The summed E-state index contributed by atoms with van der Waals surface area (Å²) in [6, 6.07) is 5.29. The molecule has 0 N–H and O–H groups in total. The molecule has 2 aromatic heterocycles. The van der Waals surface area contributed by atoms with Gasteiger partial charge in [0.05, 0.1) is 5.56 Å². The Hall–Kier alpha value is -1.48. The average molecular weight is 193 g/mol. The molecule has 2 heterocycles. The van der Waals surface area contributed by atoms with Crippen LogP contribution < -0.4 is 0 Å². The van der Waals surface area contributed by atoms with Gasteiger partial charge in [0.2, 0.25) is 0 Å². The lowest BCUT2D eigenvalue weighted by Gasteiger charge is -1.98. The van der Waals surface area contributed by atoms with E-state index in [1.807, 2.05) is 6.07 Å². The van der Waals surface area contributed by atoms with E-state index in [0.29, 0.717) is 17.5 Å². The summed E-state index contributed by atoms with van der Waals surface area (Å²) in [6.45, 7) is 0. The number of aldehydes is 1. The first-order valence-corrected chi connectivity index (χ1v) is 4.05. The van der Waals surface area contributed by atoms with Gasteiger partial charge in [-0.25, -0.2) is 9.97 Å². The van der Waals surface area contributed by atoms with Crippen LogP contribution in [0.25, 0.3) is 11.0 Å². The van der Waals surface area contributed by atoms with Gasteiger partial charge in [0.1, 0.15) is 5.15 Å². The second-order valence-electron chi connectivity index (χ2n) is 2.54. The monoisotopic (exact) mass is 192 g/mol. The topological polar surface area (TPSA) is 42.9 Å². The first-order valence-electron chi connectivity index (χ1n) is 3.68. The Bertz CT molecular complexity index is 470. The molecule has 64 valence electrons. The van der Waals surface area contributed by atoms with Crippen molar-refractivity contribution >= 4 is 28.9 Å². The lowest BCUT2D eigenvalue weighted by molar-refractivity contribution is 0.112. The van der Waals surface area contributed by atoms with Crippen molar-refractivity contribution in [1.82, 2.24) is 9.97 Å². The predicted octanol–water partition coefficient (Wildman–Crippen LogP) is 2.10. The Balaban J connectivity index is 2.81. The molecule has 0 saturated heterocycles. The summed E-state index contributed by atoms with van der Waals surface area (Å²) < 4.78 is 0. The van der Waals surface area contributed by atoms with E-state index in [-0.39, 0.29) is 5.15 Å². The van der Waals surface area contributed by atoms with Gasteiger partial charge in [-0.2, -0.15) is 0 Å². The Labute approximate surface area is 79.4 Å². The molecule has 0 aromatic carbocycles. The van der Waals surface area contributed by atoms with E-state index >= 15 is 0 Å². The van der Waals surface area contributed by atoms with E-state index in [9.17, 15) is 4.79 Å². The number of nitrogens with zero attached hydrogens (tertiary/aromatic N) is 2. The van der Waals surface area contributed by atoms with Gasteiger partial charge in [0, 0.05) is 11.6 Å². The number of pyridine rings is 2. The summed E-state index contributed by atoms with van der Waals surface area (Å²) in [7, 11) is 0. The molecule has 2 aromatic rings. The lowest BCUT2D eigenvalue weighted by Crippen LogP contribution is -1.89. The van der Waals surface area contributed by atoms with Crippen molar-refractivity contribution < 1.29 is 4.79 Å². The fraction of sp³-hybridized carbons (Fsp3) is 0. The van der Waals surface area contributed by atoms with E-state index in [4.69, 9.17) is 11.6 Å². The molecule has 4 heteroatoms. The maximum absolute atomic E-state index is 10.5. The summed E-state index contributed by atoms with van der Waals surface area (Å²) in [4.78, 5) is 18.5. The SMILES string of the molecule is O=Cc1cc2cccnc2nc1Cl. The molecule has 0 atom stereocenters. The second-order valence-corrected chi connectivity index (χ2v) is 2.89. The zero-order chi connectivity index (χ0) is 9.26. The molecule has 0 aliphatic carbocycles. The van der Waals surface area contributed by atoms with Crippen LogP contribution in [0, 0.1) is 0 Å². The number of rotatable bonds is 1. The Morgan fingerprint density at radius 1 is 1.46 bits per heavy atom. The maximum Gasteiger partial charge on any atom is 0.160 e. The lowest BCUT2D eigenvalue weighted by atomic mass is 10.2. The van der Waals surface area contributed by atoms with E-state index in [1.165, 1.54) is 0 Å². The molecular weight excluding hydrogens is 188 g/mol. The van der Waals surface area contributed by atoms with Crippen LogP contribution in [0.2, 0.25) is 5.15 Å². The average Bonchev–Trinajstić information content (AvgIpc) is 2.17. The molecule has 0 radical (unpaired) electrons. The van der Waals surface area contributed by atoms with Gasteiger partial charge in [-0.05, 0) is 18.2 Å². The number of halogens is 1. The van der Waals surface area contributed by atoms with Gasteiger partial charge in [-0.1, -0.05) is 11.6 Å². The largest absolute Gasteiger partial charge is 0.298 e. The van der Waals surface area contributed by atoms with Gasteiger partial charge in [-0.3, -0.25) is 4.79 Å². The van der Waals surface area contributed by atoms with Gasteiger partial charge in [-0.15, -0.1) is 0 Å². The summed E-state index contributed by atoms with van der Waals surface area (Å²) in [5.41, 5.74) is 0.945. The van der Waals surface area contributed by atoms with Crippen LogP contribution in [0.5, 0.6) is 0 Å². The Morgan fingerprint density at radius 3 is 3.08 bits per heavy atom. The number of fused-ring (bicyclic) bond motifs is 1. The summed E-state index contributed by atoms with van der Waals surface area (Å²) >= 11 is 5.72. The molecule has 0 aliphatic heterocycles. The summed E-state index contributed by atoms with van der Waals surface area (Å²) in [5.74, 6) is 0. The highest BCUT2D eigenvalue weighted by Gasteiger charge is 2.03. The molecule has 13 heavy (non-hydrogen) atoms. The van der Waals surface area contributed by atoms with Crippen LogP contribution >= 0.6 is 11.6 Å². The van der Waals surface area contributed by atoms with Gasteiger partial charge in [0.15, 0.2) is 11.9 Å². The van der Waals surface area contributed by atoms with E-state index < -0.39 is 0 Å². The molecular formula is C9H5ClN2O. The molecule has 0 spiro atoms. The number of carbonyl (C=O) groups excluding carboxylic acids is 1. The molecule has 0 fully saturated rings. The molecule has 0 bridgehead atoms. The van der Waals surface area contributed by atoms with Crippen LogP contribution in [0.3, 0.4) is 0 Å². The third-order valence-corrected chi connectivity index (χ3v) is 2.00. The minimum Gasteiger partial charge on any atom is -0.298 e. The van der Waals surface area contributed by atoms with Gasteiger partial charge < -0.3 is 0 Å². The maximum atomic E-state index is 10.5. The second kappa shape index (κ2) is 3.11. The zero-order valence-electron chi connectivity index (χ0n) is 6.57. The quantitative estimate of drug-likeness (QED) is 0.513. The van der Waals surface area contributed by atoms with Gasteiger partial charge in [0.25, 0.3) is 0 Å². The van der Waals surface area contributed by atoms with E-state index in [2.05, 4.69) is 9.97 Å². The normalized spacial score (nSPS) is 10.2. The van der Waals surface area contributed by atoms with E-state index in [0.717, 1.165) is 5.39 Å². The van der Waals surface area contributed by atoms with Crippen LogP contribution in [0.4, 0.5) is 0 Å². The first-order chi connectivity index (χ1) is 6.31. The Morgan fingerprint density at radius 2 is 2.31 bits per heavy atom. The zero-order valence-corrected chi connectivity index (χ0v) is 7.32. The third-order valence-electron chi connectivity index (χ3n) is 1.70. The van der Waals surface area contributed by atoms with Crippen molar-refractivity contribution in [2.45, 2.75) is 0 Å². The summed E-state index contributed by atoms with van der Waals surface area (Å²) in [6.07, 6.45) is 2.31. The van der Waals surface area contributed by atoms with Crippen LogP contribution in [-0.4, -0.2) is 16.3 Å². The van der Waals surface area contributed by atoms with Crippen LogP contribution in [-0.2, 0) is 0 Å². The number of hydrogen-bond acceptors (Lipinski definition) is 3. The third kappa shape index (κ3) is 1.38. The van der Waals surface area contributed by atoms with Crippen molar-refractivity contribution in [1.29, 1.82) is 0 Å². The van der Waals surface area contributed by atoms with E-state index in [1.54, 1.807) is 18.3 Å². The summed E-state index contributed by atoms with van der Waals surface area (Å²) in [5, 5.41) is 1.01. The minimum absolute atomic E-state index is 0.196. The number of carbonyl (C=O) groups is 1. The van der Waals surface area contributed by atoms with Crippen LogP contribution in [0.1, 0.15) is 10.4 Å². The van der Waals surface area contributed by atoms with Crippen molar-refractivity contribution in [3.05, 3.63) is 35.1 Å². The molecule has 0 saturated carbocycles. The van der Waals surface area contributed by atoms with Crippen molar-refractivity contribution in [2.75, 3.05) is 0 Å². The van der Waals surface area contributed by atoms with Crippen LogP contribution in [0.15, 0.2) is 24.4 Å². The Kier molecular flexibility index (Phi) is 1.94. The van der Waals surface area contributed by atoms with Crippen molar-refractivity contribution in [2.24, 2.45) is 0 Å². The molecule has 2 rings (SSSR count). The van der Waals surface area contributed by atoms with Crippen molar-refractivity contribution in [3.8, 4) is 0 Å².